The number of guanidine groups is 1. The monoisotopic (exact) mass is 312 g/mol. The Morgan fingerprint density at radius 2 is 2.00 bits per heavy atom. The van der Waals surface area contributed by atoms with Gasteiger partial charge in [0.25, 0.3) is 0 Å². The van der Waals surface area contributed by atoms with E-state index in [9.17, 15) is 0 Å². The van der Waals surface area contributed by atoms with E-state index in [1.807, 2.05) is 13.1 Å². The fraction of sp³-hybridized carbons (Fsp3) is 0.421. The van der Waals surface area contributed by atoms with Gasteiger partial charge in [0.2, 0.25) is 0 Å². The number of aliphatic imine (C=N–C) groups is 1. The van der Waals surface area contributed by atoms with Crippen LogP contribution in [-0.2, 0) is 6.54 Å². The number of rotatable bonds is 7. The number of unbranched alkanes of at least 4 members (excludes halogenated alkanes) is 1. The summed E-state index contributed by atoms with van der Waals surface area (Å²) in [5.74, 6) is 0.932. The van der Waals surface area contributed by atoms with E-state index in [-0.39, 0.29) is 0 Å². The Bertz CT molecular complexity index is 537. The van der Waals surface area contributed by atoms with Crippen molar-refractivity contribution in [3.8, 4) is 0 Å². The van der Waals surface area contributed by atoms with Gasteiger partial charge in [-0.3, -0.25) is 4.99 Å². The lowest BCUT2D eigenvalue weighted by atomic mass is 10.2. The van der Waals surface area contributed by atoms with E-state index < -0.39 is 0 Å². The normalized spacial score (nSPS) is 14.2. The minimum Gasteiger partial charge on any atom is -0.364 e. The molecule has 4 heteroatoms. The maximum atomic E-state index is 4.35. The number of allylic oxidation sites excluding steroid dienone is 1. The molecule has 1 N–H and O–H groups in total. The quantitative estimate of drug-likeness (QED) is 0.363. The van der Waals surface area contributed by atoms with Crippen molar-refractivity contribution in [2.75, 3.05) is 38.6 Å². The number of nitrogens with zero attached hydrogens (tertiary/aromatic N) is 3. The standard InChI is InChI=1S/C19H28N4/c1-4-5-6-13-22(3)19(20-2)21-16-17-9-11-18(12-10-17)23-14-7-8-15-23/h4,7-12H,1,5-6,13-16H2,2-3H3,(H,20,21). The summed E-state index contributed by atoms with van der Waals surface area (Å²) in [6, 6.07) is 8.76. The molecule has 1 aliphatic rings. The summed E-state index contributed by atoms with van der Waals surface area (Å²) in [7, 11) is 3.90. The Balaban J connectivity index is 1.82. The molecule has 0 atom stereocenters. The van der Waals surface area contributed by atoms with Crippen molar-refractivity contribution >= 4 is 11.6 Å². The van der Waals surface area contributed by atoms with Gasteiger partial charge in [-0.1, -0.05) is 30.4 Å². The molecule has 1 aliphatic heterocycles. The number of hydrogen-bond donors (Lipinski definition) is 1. The van der Waals surface area contributed by atoms with Gasteiger partial charge < -0.3 is 15.1 Å². The van der Waals surface area contributed by atoms with Gasteiger partial charge in [-0.25, -0.2) is 0 Å². The van der Waals surface area contributed by atoms with Crippen molar-refractivity contribution in [3.05, 3.63) is 54.6 Å². The van der Waals surface area contributed by atoms with Gasteiger partial charge in [-0.15, -0.1) is 6.58 Å². The second-order valence-corrected chi connectivity index (χ2v) is 5.80. The van der Waals surface area contributed by atoms with Gasteiger partial charge in [-0.05, 0) is 30.5 Å². The molecule has 0 bridgehead atoms. The first-order chi connectivity index (χ1) is 11.2. The van der Waals surface area contributed by atoms with Gasteiger partial charge in [0.1, 0.15) is 0 Å². The Labute approximate surface area is 140 Å². The molecule has 124 valence electrons. The van der Waals surface area contributed by atoms with E-state index in [4.69, 9.17) is 0 Å². The third kappa shape index (κ3) is 5.16. The van der Waals surface area contributed by atoms with Crippen molar-refractivity contribution in [2.45, 2.75) is 19.4 Å². The summed E-state index contributed by atoms with van der Waals surface area (Å²) in [6.07, 6.45) is 8.51. The fourth-order valence-electron chi connectivity index (χ4n) is 2.66. The van der Waals surface area contributed by atoms with Crippen molar-refractivity contribution in [2.24, 2.45) is 4.99 Å². The molecule has 0 aromatic heterocycles. The van der Waals surface area contributed by atoms with Gasteiger partial charge >= 0.3 is 0 Å². The molecule has 0 saturated heterocycles. The first kappa shape index (κ1) is 17.1. The van der Waals surface area contributed by atoms with E-state index in [1.54, 1.807) is 0 Å². The second kappa shape index (κ2) is 9.03. The Hall–Kier alpha value is -2.23. The van der Waals surface area contributed by atoms with Crippen LogP contribution in [0.4, 0.5) is 5.69 Å². The van der Waals surface area contributed by atoms with Crippen molar-refractivity contribution in [1.82, 2.24) is 10.2 Å². The molecule has 2 rings (SSSR count). The zero-order valence-electron chi connectivity index (χ0n) is 14.3. The Kier molecular flexibility index (Phi) is 6.73. The van der Waals surface area contributed by atoms with Crippen molar-refractivity contribution in [1.29, 1.82) is 0 Å². The van der Waals surface area contributed by atoms with Crippen LogP contribution in [0.3, 0.4) is 0 Å². The van der Waals surface area contributed by atoms with Crippen molar-refractivity contribution in [3.63, 3.8) is 0 Å². The van der Waals surface area contributed by atoms with Gasteiger partial charge in [-0.2, -0.15) is 0 Å². The van der Waals surface area contributed by atoms with Crippen LogP contribution in [0, 0.1) is 0 Å². The van der Waals surface area contributed by atoms with Crippen LogP contribution >= 0.6 is 0 Å². The molecule has 0 unspecified atom stereocenters. The number of benzene rings is 1. The first-order valence-electron chi connectivity index (χ1n) is 8.26. The van der Waals surface area contributed by atoms with E-state index in [2.05, 4.69) is 70.2 Å². The molecule has 0 aliphatic carbocycles. The molecule has 1 aromatic carbocycles. The summed E-state index contributed by atoms with van der Waals surface area (Å²) >= 11 is 0. The molecule has 0 radical (unpaired) electrons. The van der Waals surface area contributed by atoms with Gasteiger partial charge in [0.05, 0.1) is 0 Å². The largest absolute Gasteiger partial charge is 0.364 e. The highest BCUT2D eigenvalue weighted by Gasteiger charge is 2.08. The fourth-order valence-corrected chi connectivity index (χ4v) is 2.66. The summed E-state index contributed by atoms with van der Waals surface area (Å²) < 4.78 is 0. The van der Waals surface area contributed by atoms with E-state index in [1.165, 1.54) is 11.3 Å². The molecule has 0 amide bonds. The lowest BCUT2D eigenvalue weighted by Gasteiger charge is -2.22. The zero-order valence-corrected chi connectivity index (χ0v) is 14.3. The lowest BCUT2D eigenvalue weighted by molar-refractivity contribution is 0.470. The molecule has 4 nitrogen and oxygen atoms in total. The Morgan fingerprint density at radius 3 is 2.61 bits per heavy atom. The number of nitrogens with one attached hydrogen (secondary N) is 1. The lowest BCUT2D eigenvalue weighted by Crippen LogP contribution is -2.38. The summed E-state index contributed by atoms with van der Waals surface area (Å²) in [5, 5.41) is 3.43. The summed E-state index contributed by atoms with van der Waals surface area (Å²) in [4.78, 5) is 8.86. The minimum absolute atomic E-state index is 0.789. The smallest absolute Gasteiger partial charge is 0.193 e. The SMILES string of the molecule is C=CCCCN(C)C(=NC)NCc1ccc(N2CC=CC2)cc1. The second-order valence-electron chi connectivity index (χ2n) is 5.80. The van der Waals surface area contributed by atoms with Crippen LogP contribution in [0.2, 0.25) is 0 Å². The van der Waals surface area contributed by atoms with Gasteiger partial charge in [0, 0.05) is 46.0 Å². The number of anilines is 1. The van der Waals surface area contributed by atoms with Crippen LogP contribution in [0.1, 0.15) is 18.4 Å². The van der Waals surface area contributed by atoms with Gasteiger partial charge in [0.15, 0.2) is 5.96 Å². The molecule has 23 heavy (non-hydrogen) atoms. The molecule has 1 heterocycles. The first-order valence-corrected chi connectivity index (χ1v) is 8.26. The van der Waals surface area contributed by atoms with Crippen LogP contribution in [-0.4, -0.2) is 44.6 Å². The average Bonchev–Trinajstić information content (AvgIpc) is 3.11. The maximum Gasteiger partial charge on any atom is 0.193 e. The highest BCUT2D eigenvalue weighted by molar-refractivity contribution is 5.79. The van der Waals surface area contributed by atoms with Crippen LogP contribution in [0.15, 0.2) is 54.1 Å². The third-order valence-electron chi connectivity index (χ3n) is 4.05. The molecule has 0 fully saturated rings. The van der Waals surface area contributed by atoms with E-state index >= 15 is 0 Å². The van der Waals surface area contributed by atoms with Crippen LogP contribution in [0.25, 0.3) is 0 Å². The third-order valence-corrected chi connectivity index (χ3v) is 4.05. The highest BCUT2D eigenvalue weighted by atomic mass is 15.3. The van der Waals surface area contributed by atoms with E-state index in [0.717, 1.165) is 45.0 Å². The molecule has 1 aromatic rings. The average molecular weight is 312 g/mol. The molecule has 0 saturated carbocycles. The van der Waals surface area contributed by atoms with E-state index in [0.29, 0.717) is 0 Å². The zero-order chi connectivity index (χ0) is 16.5. The van der Waals surface area contributed by atoms with Crippen LogP contribution < -0.4 is 10.2 Å². The Morgan fingerprint density at radius 1 is 1.30 bits per heavy atom. The highest BCUT2D eigenvalue weighted by Crippen LogP contribution is 2.17. The maximum absolute atomic E-state index is 4.35. The molecular formula is C19H28N4. The molecule has 0 spiro atoms. The van der Waals surface area contributed by atoms with Crippen molar-refractivity contribution < 1.29 is 0 Å². The topological polar surface area (TPSA) is 30.9 Å². The molecular weight excluding hydrogens is 284 g/mol. The predicted octanol–water partition coefficient (Wildman–Crippen LogP) is 3.04. The number of hydrogen-bond acceptors (Lipinski definition) is 2. The minimum atomic E-state index is 0.789. The summed E-state index contributed by atoms with van der Waals surface area (Å²) in [6.45, 7) is 7.56. The van der Waals surface area contributed by atoms with Crippen LogP contribution in [0.5, 0.6) is 0 Å². The summed E-state index contributed by atoms with van der Waals surface area (Å²) in [5.41, 5.74) is 2.55. The predicted molar refractivity (Wildman–Crippen MR) is 100 cm³/mol.